The Hall–Kier alpha value is -2.82. The molecule has 2 N–H and O–H groups in total. The van der Waals surface area contributed by atoms with E-state index >= 15 is 0 Å². The summed E-state index contributed by atoms with van der Waals surface area (Å²) >= 11 is 0. The number of benzene rings is 2. The highest BCUT2D eigenvalue weighted by Gasteiger charge is 2.29. The topological polar surface area (TPSA) is 75.6 Å². The zero-order chi connectivity index (χ0) is 18.7. The predicted molar refractivity (Wildman–Crippen MR) is 99.1 cm³/mol. The predicted octanol–water partition coefficient (Wildman–Crippen LogP) is 4.02. The van der Waals surface area contributed by atoms with Crippen LogP contribution in [-0.4, -0.2) is 29.8 Å². The lowest BCUT2D eigenvalue weighted by atomic mass is 9.98. The van der Waals surface area contributed by atoms with Gasteiger partial charge in [-0.1, -0.05) is 62.4 Å². The molecule has 0 radical (unpaired) electrons. The first-order valence-electron chi connectivity index (χ1n) is 8.81. The molecular weight excluding hydrogens is 337 g/mol. The molecule has 0 spiro atoms. The third-order valence-electron chi connectivity index (χ3n) is 4.64. The Labute approximate surface area is 153 Å². The minimum absolute atomic E-state index is 0.0403. The van der Waals surface area contributed by atoms with Gasteiger partial charge in [0, 0.05) is 5.92 Å². The lowest BCUT2D eigenvalue weighted by Gasteiger charge is -2.18. The normalized spacial score (nSPS) is 13.8. The average Bonchev–Trinajstić information content (AvgIpc) is 2.93. The molecule has 26 heavy (non-hydrogen) atoms. The SMILES string of the molecule is [13CH3][13CH]([13CH3])[13CH2][13C@H]([15NH]C(=O)OCC1c2ccccc2-c2ccccc21)[13C](=O)O. The molecule has 3 rings (SSSR count). The first-order valence-corrected chi connectivity index (χ1v) is 8.81. The van der Waals surface area contributed by atoms with Crippen molar-refractivity contribution in [2.75, 3.05) is 6.61 Å². The van der Waals surface area contributed by atoms with E-state index in [1.165, 1.54) is 0 Å². The van der Waals surface area contributed by atoms with Crippen LogP contribution in [0.2, 0.25) is 0 Å². The summed E-state index contributed by atoms with van der Waals surface area (Å²) in [5, 5.41) is 11.7. The maximum Gasteiger partial charge on any atom is 0.407 e. The number of carbonyl (C=O) groups is 2. The number of hydrogen-bond acceptors (Lipinski definition) is 3. The molecule has 0 heterocycles. The number of carbonyl (C=O) groups excluding carboxylic acids is 1. The number of amides is 1. The molecule has 0 aromatic heterocycles. The van der Waals surface area contributed by atoms with Gasteiger partial charge in [0.25, 0.3) is 0 Å². The Morgan fingerprint density at radius 2 is 1.58 bits per heavy atom. The first kappa shape index (κ1) is 18.0. The van der Waals surface area contributed by atoms with Gasteiger partial charge < -0.3 is 15.2 Å². The minimum atomic E-state index is -1.05. The number of carboxylic acid groups (broad SMARTS) is 1. The second-order valence-electron chi connectivity index (χ2n) is 6.99. The molecule has 0 saturated carbocycles. The smallest absolute Gasteiger partial charge is 0.407 e. The Morgan fingerprint density at radius 3 is 2.08 bits per heavy atom. The van der Waals surface area contributed by atoms with Crippen LogP contribution in [0, 0.1) is 5.92 Å². The summed E-state index contributed by atoms with van der Waals surface area (Å²) in [4.78, 5) is 23.4. The number of fused-ring (bicyclic) bond motifs is 3. The van der Waals surface area contributed by atoms with Crippen LogP contribution in [0.3, 0.4) is 0 Å². The number of ether oxygens (including phenoxy) is 1. The fourth-order valence-electron chi connectivity index (χ4n) is 3.48. The molecule has 5 nitrogen and oxygen atoms in total. The highest BCUT2D eigenvalue weighted by Crippen LogP contribution is 2.44. The van der Waals surface area contributed by atoms with Gasteiger partial charge in [-0.15, -0.1) is 0 Å². The standard InChI is InChI=1S/C21H23NO4/c1-13(2)11-19(20(23)24)22-21(25)26-12-18-16-9-5-3-7-14(16)15-8-4-6-10-17(15)18/h3-10,13,18-19H,11-12H2,1-2H3,(H,22,25)(H,23,24)/t19-/m0/s1/i1+1,2+1,11+1,13+1,19+1,20+1,22+1. The molecule has 5 heteroatoms. The maximum atomic E-state index is 12.1. The maximum absolute atomic E-state index is 12.1. The van der Waals surface area contributed by atoms with E-state index in [9.17, 15) is 14.7 Å². The van der Waals surface area contributed by atoms with E-state index in [4.69, 9.17) is 4.74 Å². The summed E-state index contributed by atoms with van der Waals surface area (Å²) in [5.41, 5.74) is 4.55. The molecule has 1 atom stereocenters. The first-order chi connectivity index (χ1) is 12.5. The van der Waals surface area contributed by atoms with Gasteiger partial charge >= 0.3 is 12.1 Å². The van der Waals surface area contributed by atoms with Crippen molar-refractivity contribution in [1.82, 2.24) is 5.32 Å². The van der Waals surface area contributed by atoms with Gasteiger partial charge in [-0.3, -0.25) is 0 Å². The monoisotopic (exact) mass is 360 g/mol. The van der Waals surface area contributed by atoms with Crippen molar-refractivity contribution < 1.29 is 19.4 Å². The zero-order valence-corrected chi connectivity index (χ0v) is 14.9. The fraction of sp³-hybridized carbons (Fsp3) is 0.333. The van der Waals surface area contributed by atoms with E-state index in [0.29, 0.717) is 6.42 Å². The summed E-state index contributed by atoms with van der Waals surface area (Å²) in [6.07, 6.45) is -0.334. The van der Waals surface area contributed by atoms with Crippen molar-refractivity contribution in [1.29, 1.82) is 0 Å². The number of aliphatic carboxylic acids is 1. The third-order valence-corrected chi connectivity index (χ3v) is 4.64. The largest absolute Gasteiger partial charge is 0.480 e. The van der Waals surface area contributed by atoms with Crippen LogP contribution in [0.25, 0.3) is 11.1 Å². The molecule has 0 fully saturated rings. The third kappa shape index (κ3) is 3.72. The quantitative estimate of drug-likeness (QED) is 0.603. The van der Waals surface area contributed by atoms with Gasteiger partial charge in [-0.05, 0) is 34.6 Å². The van der Waals surface area contributed by atoms with Crippen LogP contribution in [-0.2, 0) is 9.53 Å². The number of hydrogen-bond donors (Lipinski definition) is 2. The second-order valence-corrected chi connectivity index (χ2v) is 6.99. The average molecular weight is 360 g/mol. The van der Waals surface area contributed by atoms with Crippen LogP contribution in [0.4, 0.5) is 4.79 Å². The zero-order valence-electron chi connectivity index (χ0n) is 14.9. The van der Waals surface area contributed by atoms with E-state index in [2.05, 4.69) is 17.4 Å². The molecule has 0 unspecified atom stereocenters. The molecule has 0 aliphatic heterocycles. The van der Waals surface area contributed by atoms with E-state index < -0.39 is 18.1 Å². The Balaban J connectivity index is 1.70. The van der Waals surface area contributed by atoms with E-state index in [1.807, 2.05) is 50.2 Å². The number of alkyl carbamates (subject to hydrolysis) is 1. The molecule has 1 aliphatic rings. The van der Waals surface area contributed by atoms with Crippen LogP contribution in [0.15, 0.2) is 48.5 Å². The summed E-state index contributed by atoms with van der Waals surface area (Å²) in [6.45, 7) is 4.00. The van der Waals surface area contributed by atoms with Crippen LogP contribution in [0.1, 0.15) is 37.3 Å². The van der Waals surface area contributed by atoms with Gasteiger partial charge in [0.05, 0.1) is 0 Å². The van der Waals surface area contributed by atoms with Crippen LogP contribution < -0.4 is 5.32 Å². The molecule has 0 bridgehead atoms. The van der Waals surface area contributed by atoms with Crippen molar-refractivity contribution in [2.24, 2.45) is 5.92 Å². The molecular formula is C21H23NO4. The molecule has 136 valence electrons. The number of carboxylic acids is 1. The fourth-order valence-corrected chi connectivity index (χ4v) is 3.48. The number of nitrogens with one attached hydrogen (secondary N) is 1. The van der Waals surface area contributed by atoms with Gasteiger partial charge in [-0.25, -0.2) is 9.59 Å². The van der Waals surface area contributed by atoms with Crippen LogP contribution in [0.5, 0.6) is 0 Å². The Kier molecular flexibility index (Phi) is 5.26. The summed E-state index contributed by atoms with van der Waals surface area (Å²) in [6, 6.07) is 15.2. The van der Waals surface area contributed by atoms with Gasteiger partial charge in [0.1, 0.15) is 12.6 Å². The van der Waals surface area contributed by atoms with Crippen molar-refractivity contribution in [3.05, 3.63) is 59.7 Å². The highest BCUT2D eigenvalue weighted by molar-refractivity contribution is 5.81. The molecule has 1 aliphatic carbocycles. The summed E-state index contributed by atoms with van der Waals surface area (Å²) in [7, 11) is 0. The lowest BCUT2D eigenvalue weighted by molar-refractivity contribution is -0.139. The molecule has 0 saturated heterocycles. The van der Waals surface area contributed by atoms with E-state index in [-0.39, 0.29) is 18.4 Å². The molecule has 1 amide bonds. The van der Waals surface area contributed by atoms with E-state index in [0.717, 1.165) is 22.3 Å². The molecule has 2 aromatic rings. The van der Waals surface area contributed by atoms with Gasteiger partial charge in [0.15, 0.2) is 0 Å². The minimum Gasteiger partial charge on any atom is -0.480 e. The van der Waals surface area contributed by atoms with E-state index in [1.54, 1.807) is 0 Å². The van der Waals surface area contributed by atoms with Crippen molar-refractivity contribution in [2.45, 2.75) is 32.2 Å². The van der Waals surface area contributed by atoms with Crippen LogP contribution >= 0.6 is 0 Å². The number of rotatable bonds is 6. The van der Waals surface area contributed by atoms with Crippen molar-refractivity contribution in [3.8, 4) is 11.1 Å². The Morgan fingerprint density at radius 1 is 1.04 bits per heavy atom. The van der Waals surface area contributed by atoms with Gasteiger partial charge in [-0.2, -0.15) is 0 Å². The second kappa shape index (κ2) is 7.60. The summed E-state index contributed by atoms with van der Waals surface area (Å²) < 4.78 is 5.39. The lowest BCUT2D eigenvalue weighted by Crippen LogP contribution is -2.42. The Bertz CT molecular complexity index is 770. The van der Waals surface area contributed by atoms with Gasteiger partial charge in [0.2, 0.25) is 0 Å². The summed E-state index contributed by atoms with van der Waals surface area (Å²) in [5.74, 6) is -0.932. The van der Waals surface area contributed by atoms with Crippen molar-refractivity contribution >= 4 is 12.1 Å². The molecule has 2 aromatic carbocycles. The highest BCUT2D eigenvalue weighted by atomic mass is 16.6. The van der Waals surface area contributed by atoms with Crippen molar-refractivity contribution in [3.63, 3.8) is 0 Å².